The fourth-order valence-electron chi connectivity index (χ4n) is 10.1. The van der Waals surface area contributed by atoms with Gasteiger partial charge in [-0.25, -0.2) is 0 Å². The van der Waals surface area contributed by atoms with Crippen molar-refractivity contribution < 1.29 is 4.79 Å². The summed E-state index contributed by atoms with van der Waals surface area (Å²) in [6, 6.07) is 84.7. The molecular weight excluding hydrogens is 779 g/mol. The lowest BCUT2D eigenvalue weighted by atomic mass is 9.67. The highest BCUT2D eigenvalue weighted by Gasteiger charge is 2.46. The van der Waals surface area contributed by atoms with Crippen LogP contribution in [0.15, 0.2) is 237 Å². The molecule has 2 aliphatic rings. The molecule has 1 spiro atoms. The lowest BCUT2D eigenvalue weighted by Crippen LogP contribution is -2.31. The van der Waals surface area contributed by atoms with E-state index in [1.54, 1.807) is 0 Å². The third-order valence-corrected chi connectivity index (χ3v) is 13.2. The molecule has 0 heterocycles. The second kappa shape index (κ2) is 16.7. The van der Waals surface area contributed by atoms with Gasteiger partial charge in [0.15, 0.2) is 0 Å². The van der Waals surface area contributed by atoms with Crippen LogP contribution >= 0.6 is 0 Å². The number of Topliss-reactive ketones (excluding diaryl/α,β-unsaturated/α-hetero) is 1. The van der Waals surface area contributed by atoms with Crippen LogP contribution in [-0.2, 0) is 10.2 Å². The molecule has 1 fully saturated rings. The summed E-state index contributed by atoms with van der Waals surface area (Å²) in [6.45, 7) is 0. The van der Waals surface area contributed by atoms with Crippen LogP contribution in [0, 0.1) is 0 Å². The van der Waals surface area contributed by atoms with Gasteiger partial charge in [0.2, 0.25) is 0 Å². The zero-order valence-electron chi connectivity index (χ0n) is 35.6. The van der Waals surface area contributed by atoms with Crippen molar-refractivity contribution in [1.82, 2.24) is 0 Å². The first-order chi connectivity index (χ1) is 31.6. The molecule has 0 amide bonds. The van der Waals surface area contributed by atoms with Crippen molar-refractivity contribution in [3.8, 4) is 22.3 Å². The minimum absolute atomic E-state index is 0.279. The van der Waals surface area contributed by atoms with Crippen LogP contribution in [0.5, 0.6) is 0 Å². The monoisotopic (exact) mass is 825 g/mol. The minimum Gasteiger partial charge on any atom is -0.311 e. The molecule has 0 N–H and O–H groups in total. The molecule has 64 heavy (non-hydrogen) atoms. The Morgan fingerprint density at radius 3 is 0.875 bits per heavy atom. The smallest absolute Gasteiger partial charge is 0.133 e. The largest absolute Gasteiger partial charge is 0.311 e. The van der Waals surface area contributed by atoms with Crippen LogP contribution in [0.1, 0.15) is 36.8 Å². The zero-order valence-corrected chi connectivity index (χ0v) is 35.6. The highest BCUT2D eigenvalue weighted by atomic mass is 16.1. The molecule has 0 saturated heterocycles. The number of hydrogen-bond acceptors (Lipinski definition) is 4. The fourth-order valence-corrected chi connectivity index (χ4v) is 10.1. The molecule has 0 aliphatic heterocycles. The number of nitrogens with zero attached hydrogens (tertiary/aromatic N) is 3. The SMILES string of the molecule is O=C1CCC2(CC1)c1cc(N(c3ccccc3)c3ccccc3)ccc1-c1ccc(N(c3ccccc3)c3ccc(-c4ccc(N(c5ccccc5)c5ccccc5)cc4)cc3)cc12. The molecule has 11 rings (SSSR count). The van der Waals surface area contributed by atoms with Crippen molar-refractivity contribution in [3.05, 3.63) is 248 Å². The van der Waals surface area contributed by atoms with Crippen LogP contribution < -0.4 is 14.7 Å². The number of benzene rings is 9. The van der Waals surface area contributed by atoms with E-state index in [9.17, 15) is 4.79 Å². The molecular formula is C60H47N3O. The Kier molecular flexibility index (Phi) is 10.2. The Hall–Kier alpha value is -7.95. The average Bonchev–Trinajstić information content (AvgIpc) is 3.62. The standard InChI is InChI=1S/C60H47N3O/c64-55-38-40-60(41-39-55)58-42-53(62(48-20-10-3-11-21-48)49-22-12-4-13-23-49)34-36-56(58)57-37-35-54(43-59(57)60)63(50-24-14-5-15-25-50)52-32-28-45(29-33-52)44-26-30-51(31-27-44)61(46-16-6-1-7-17-46)47-18-8-2-9-19-47/h1-37,42-43H,38-41H2. The van der Waals surface area contributed by atoms with Crippen molar-refractivity contribution in [2.75, 3.05) is 14.7 Å². The van der Waals surface area contributed by atoms with Gasteiger partial charge in [0, 0.05) is 69.4 Å². The summed E-state index contributed by atoms with van der Waals surface area (Å²) in [5, 5.41) is 0. The average molecular weight is 826 g/mol. The van der Waals surface area contributed by atoms with Gasteiger partial charge in [-0.15, -0.1) is 0 Å². The Balaban J connectivity index is 0.957. The Bertz CT molecular complexity index is 2960. The number of carbonyl (C=O) groups excluding carboxylic acids is 1. The van der Waals surface area contributed by atoms with Crippen LogP contribution in [-0.4, -0.2) is 5.78 Å². The maximum atomic E-state index is 13.0. The van der Waals surface area contributed by atoms with Crippen LogP contribution in [0.3, 0.4) is 0 Å². The van der Waals surface area contributed by atoms with Gasteiger partial charge in [-0.05, 0) is 155 Å². The summed E-state index contributed by atoms with van der Waals surface area (Å²) in [6.07, 6.45) is 2.75. The predicted molar refractivity (Wildman–Crippen MR) is 266 cm³/mol. The molecule has 0 atom stereocenters. The number of rotatable bonds is 10. The number of hydrogen-bond donors (Lipinski definition) is 0. The van der Waals surface area contributed by atoms with E-state index >= 15 is 0 Å². The summed E-state index contributed by atoms with van der Waals surface area (Å²) in [4.78, 5) is 20.0. The zero-order chi connectivity index (χ0) is 42.9. The maximum absolute atomic E-state index is 13.0. The van der Waals surface area contributed by atoms with Crippen molar-refractivity contribution >= 4 is 57.0 Å². The van der Waals surface area contributed by atoms with Crippen LogP contribution in [0.25, 0.3) is 22.3 Å². The molecule has 4 heteroatoms. The van der Waals surface area contributed by atoms with Gasteiger partial charge in [-0.1, -0.05) is 127 Å². The van der Waals surface area contributed by atoms with Crippen molar-refractivity contribution in [2.24, 2.45) is 0 Å². The molecule has 0 bridgehead atoms. The van der Waals surface area contributed by atoms with E-state index < -0.39 is 0 Å². The number of fused-ring (bicyclic) bond motifs is 5. The van der Waals surface area contributed by atoms with Crippen LogP contribution in [0.2, 0.25) is 0 Å². The first-order valence-corrected chi connectivity index (χ1v) is 22.3. The molecule has 4 nitrogen and oxygen atoms in total. The fraction of sp³-hybridized carbons (Fsp3) is 0.0833. The molecule has 9 aromatic rings. The Labute approximate surface area is 376 Å². The van der Waals surface area contributed by atoms with E-state index in [1.807, 2.05) is 0 Å². The maximum Gasteiger partial charge on any atom is 0.133 e. The minimum atomic E-state index is -0.279. The third kappa shape index (κ3) is 7.13. The predicted octanol–water partition coefficient (Wildman–Crippen LogP) is 16.2. The molecule has 0 aromatic heterocycles. The van der Waals surface area contributed by atoms with E-state index in [0.717, 1.165) is 75.2 Å². The van der Waals surface area contributed by atoms with E-state index in [-0.39, 0.29) is 5.41 Å². The number of para-hydroxylation sites is 5. The molecule has 2 aliphatic carbocycles. The third-order valence-electron chi connectivity index (χ3n) is 13.2. The number of ketones is 1. The molecule has 0 radical (unpaired) electrons. The number of anilines is 9. The van der Waals surface area contributed by atoms with E-state index in [0.29, 0.717) is 18.6 Å². The van der Waals surface area contributed by atoms with Gasteiger partial charge >= 0.3 is 0 Å². The highest BCUT2D eigenvalue weighted by molar-refractivity contribution is 5.91. The van der Waals surface area contributed by atoms with Crippen molar-refractivity contribution in [3.63, 3.8) is 0 Å². The summed E-state index contributed by atoms with van der Waals surface area (Å²) in [5.74, 6) is 0.355. The Morgan fingerprint density at radius 1 is 0.297 bits per heavy atom. The van der Waals surface area contributed by atoms with Gasteiger partial charge < -0.3 is 14.7 Å². The van der Waals surface area contributed by atoms with Crippen molar-refractivity contribution in [1.29, 1.82) is 0 Å². The van der Waals surface area contributed by atoms with E-state index in [4.69, 9.17) is 0 Å². The topological polar surface area (TPSA) is 26.8 Å². The van der Waals surface area contributed by atoms with E-state index in [1.165, 1.54) is 22.3 Å². The van der Waals surface area contributed by atoms with Crippen molar-refractivity contribution in [2.45, 2.75) is 31.1 Å². The quantitative estimate of drug-likeness (QED) is 0.137. The highest BCUT2D eigenvalue weighted by Crippen LogP contribution is 2.58. The van der Waals surface area contributed by atoms with Crippen LogP contribution in [0.4, 0.5) is 51.2 Å². The normalized spacial score (nSPS) is 13.5. The van der Waals surface area contributed by atoms with Gasteiger partial charge in [0.25, 0.3) is 0 Å². The van der Waals surface area contributed by atoms with Gasteiger partial charge in [0.1, 0.15) is 5.78 Å². The van der Waals surface area contributed by atoms with Gasteiger partial charge in [-0.2, -0.15) is 0 Å². The van der Waals surface area contributed by atoms with Gasteiger partial charge in [-0.3, -0.25) is 4.79 Å². The lowest BCUT2D eigenvalue weighted by molar-refractivity contribution is -0.121. The second-order valence-electron chi connectivity index (χ2n) is 16.9. The first-order valence-electron chi connectivity index (χ1n) is 22.3. The molecule has 308 valence electrons. The van der Waals surface area contributed by atoms with Gasteiger partial charge in [0.05, 0.1) is 0 Å². The lowest BCUT2D eigenvalue weighted by Gasteiger charge is -2.37. The summed E-state index contributed by atoms with van der Waals surface area (Å²) in [7, 11) is 0. The molecule has 9 aromatic carbocycles. The second-order valence-corrected chi connectivity index (χ2v) is 16.9. The first kappa shape index (κ1) is 38.9. The van der Waals surface area contributed by atoms with E-state index in [2.05, 4.69) is 251 Å². The molecule has 0 unspecified atom stereocenters. The Morgan fingerprint density at radius 2 is 0.562 bits per heavy atom. The summed E-state index contributed by atoms with van der Waals surface area (Å²) in [5.41, 5.74) is 17.1. The summed E-state index contributed by atoms with van der Waals surface area (Å²) >= 11 is 0. The summed E-state index contributed by atoms with van der Waals surface area (Å²) < 4.78 is 0. The molecule has 1 saturated carbocycles. The number of carbonyl (C=O) groups is 1.